The standard InChI is InChI=1S/C46H29NOS/c1-3-11-30(12-4-1)36-23-20-33(27-40(36)31-13-5-2-6-14-31)47(34-22-25-43-41(28-34)38-17-9-10-18-42(38)48-43)35-21-24-39-45(29-35)49-44-26-19-32-15-7-8-16-37(32)46(39)44/h1-29H. The van der Waals surface area contributed by atoms with E-state index in [9.17, 15) is 0 Å². The lowest BCUT2D eigenvalue weighted by atomic mass is 9.93. The van der Waals surface area contributed by atoms with Crippen LogP contribution < -0.4 is 4.90 Å². The zero-order valence-electron chi connectivity index (χ0n) is 26.5. The molecule has 0 aliphatic heterocycles. The first kappa shape index (κ1) is 27.9. The normalized spacial score (nSPS) is 11.7. The topological polar surface area (TPSA) is 16.4 Å². The Kier molecular flexibility index (Phi) is 6.39. The highest BCUT2D eigenvalue weighted by molar-refractivity contribution is 7.26. The molecule has 0 N–H and O–H groups in total. The van der Waals surface area contributed by atoms with Gasteiger partial charge < -0.3 is 9.32 Å². The smallest absolute Gasteiger partial charge is 0.135 e. The van der Waals surface area contributed by atoms with Crippen LogP contribution >= 0.6 is 11.3 Å². The molecule has 0 atom stereocenters. The van der Waals surface area contributed by atoms with Crippen molar-refractivity contribution in [3.05, 3.63) is 176 Å². The minimum absolute atomic E-state index is 0.890. The van der Waals surface area contributed by atoms with Crippen molar-refractivity contribution in [1.82, 2.24) is 0 Å². The van der Waals surface area contributed by atoms with Gasteiger partial charge in [-0.05, 0) is 87.6 Å². The summed E-state index contributed by atoms with van der Waals surface area (Å²) >= 11 is 1.86. The van der Waals surface area contributed by atoms with E-state index in [4.69, 9.17) is 4.42 Å². The molecular formula is C46H29NOS. The van der Waals surface area contributed by atoms with Crippen molar-refractivity contribution < 1.29 is 4.42 Å². The van der Waals surface area contributed by atoms with E-state index < -0.39 is 0 Å². The molecule has 0 aliphatic rings. The van der Waals surface area contributed by atoms with Crippen LogP contribution in [-0.4, -0.2) is 0 Å². The Bertz CT molecular complexity index is 2830. The molecule has 0 amide bonds. The second kappa shape index (κ2) is 11.2. The van der Waals surface area contributed by atoms with Gasteiger partial charge in [0.2, 0.25) is 0 Å². The lowest BCUT2D eigenvalue weighted by Gasteiger charge is -2.27. The lowest BCUT2D eigenvalue weighted by molar-refractivity contribution is 0.669. The molecule has 3 heteroatoms. The van der Waals surface area contributed by atoms with Gasteiger partial charge in [-0.25, -0.2) is 0 Å². The van der Waals surface area contributed by atoms with Crippen LogP contribution in [0.5, 0.6) is 0 Å². The number of rotatable bonds is 5. The fourth-order valence-corrected chi connectivity index (χ4v) is 8.53. The third kappa shape index (κ3) is 4.62. The first-order chi connectivity index (χ1) is 24.3. The highest BCUT2D eigenvalue weighted by Gasteiger charge is 2.19. The number of thiophene rings is 1. The highest BCUT2D eigenvalue weighted by atomic mass is 32.1. The van der Waals surface area contributed by atoms with Crippen LogP contribution in [-0.2, 0) is 0 Å². The van der Waals surface area contributed by atoms with Crippen molar-refractivity contribution >= 4 is 81.3 Å². The SMILES string of the molecule is c1ccc(-c2ccc(N(c3ccc4c(c3)sc3ccc5ccccc5c34)c3ccc4oc5ccccc5c4c3)cc2-c2ccccc2)cc1. The number of hydrogen-bond acceptors (Lipinski definition) is 3. The molecular weight excluding hydrogens is 615 g/mol. The Morgan fingerprint density at radius 2 is 1.02 bits per heavy atom. The van der Waals surface area contributed by atoms with Gasteiger partial charge in [0.05, 0.1) is 0 Å². The number of fused-ring (bicyclic) bond motifs is 8. The van der Waals surface area contributed by atoms with Gasteiger partial charge in [-0.1, -0.05) is 121 Å². The van der Waals surface area contributed by atoms with Crippen LogP contribution in [0.15, 0.2) is 180 Å². The molecule has 0 bridgehead atoms. The summed E-state index contributed by atoms with van der Waals surface area (Å²) in [7, 11) is 0. The fourth-order valence-electron chi connectivity index (χ4n) is 7.37. The molecule has 0 spiro atoms. The van der Waals surface area contributed by atoms with E-state index in [0.717, 1.165) is 39.0 Å². The van der Waals surface area contributed by atoms with Crippen molar-refractivity contribution in [3.8, 4) is 22.3 Å². The maximum Gasteiger partial charge on any atom is 0.135 e. The summed E-state index contributed by atoms with van der Waals surface area (Å²) in [4.78, 5) is 2.39. The van der Waals surface area contributed by atoms with Crippen molar-refractivity contribution in [3.63, 3.8) is 0 Å². The van der Waals surface area contributed by atoms with Gasteiger partial charge in [0, 0.05) is 48.0 Å². The van der Waals surface area contributed by atoms with Crippen LogP contribution in [0.25, 0.3) is 75.1 Å². The zero-order valence-corrected chi connectivity index (χ0v) is 27.3. The van der Waals surface area contributed by atoms with E-state index >= 15 is 0 Å². The first-order valence-electron chi connectivity index (χ1n) is 16.6. The summed E-state index contributed by atoms with van der Waals surface area (Å²) in [6.07, 6.45) is 0. The molecule has 8 aromatic carbocycles. The Labute approximate surface area is 287 Å². The predicted molar refractivity (Wildman–Crippen MR) is 210 cm³/mol. The summed E-state index contributed by atoms with van der Waals surface area (Å²) in [5.74, 6) is 0. The lowest BCUT2D eigenvalue weighted by Crippen LogP contribution is -2.10. The molecule has 0 saturated carbocycles. The Hall–Kier alpha value is -6.16. The van der Waals surface area contributed by atoms with Crippen LogP contribution in [0.4, 0.5) is 17.1 Å². The van der Waals surface area contributed by atoms with Gasteiger partial charge in [-0.3, -0.25) is 0 Å². The summed E-state index contributed by atoms with van der Waals surface area (Å²) in [6, 6.07) is 63.3. The Morgan fingerprint density at radius 1 is 0.388 bits per heavy atom. The maximum atomic E-state index is 6.25. The second-order valence-electron chi connectivity index (χ2n) is 12.5. The zero-order chi connectivity index (χ0) is 32.3. The molecule has 0 saturated heterocycles. The fraction of sp³-hybridized carbons (Fsp3) is 0. The average Bonchev–Trinajstić information content (AvgIpc) is 3.74. The van der Waals surface area contributed by atoms with Gasteiger partial charge in [0.25, 0.3) is 0 Å². The van der Waals surface area contributed by atoms with Gasteiger partial charge in [-0.2, -0.15) is 0 Å². The number of furan rings is 1. The highest BCUT2D eigenvalue weighted by Crippen LogP contribution is 2.45. The summed E-state index contributed by atoms with van der Waals surface area (Å²) < 4.78 is 8.83. The van der Waals surface area contributed by atoms with Crippen molar-refractivity contribution in [2.75, 3.05) is 4.90 Å². The molecule has 0 aliphatic carbocycles. The molecule has 49 heavy (non-hydrogen) atoms. The molecule has 2 heterocycles. The Morgan fingerprint density at radius 3 is 1.86 bits per heavy atom. The van der Waals surface area contributed by atoms with Gasteiger partial charge >= 0.3 is 0 Å². The third-order valence-electron chi connectivity index (χ3n) is 9.65. The predicted octanol–water partition coefficient (Wildman–Crippen LogP) is 13.9. The van der Waals surface area contributed by atoms with Gasteiger partial charge in [0.15, 0.2) is 0 Å². The van der Waals surface area contributed by atoms with Crippen LogP contribution in [0.3, 0.4) is 0 Å². The second-order valence-corrected chi connectivity index (χ2v) is 13.6. The number of nitrogens with zero attached hydrogens (tertiary/aromatic N) is 1. The van der Waals surface area contributed by atoms with Gasteiger partial charge in [-0.15, -0.1) is 11.3 Å². The molecule has 0 unspecified atom stereocenters. The molecule has 0 radical (unpaired) electrons. The van der Waals surface area contributed by atoms with E-state index in [0.29, 0.717) is 0 Å². The van der Waals surface area contributed by atoms with E-state index in [1.54, 1.807) is 0 Å². The van der Waals surface area contributed by atoms with E-state index in [1.165, 1.54) is 53.2 Å². The van der Waals surface area contributed by atoms with E-state index in [1.807, 2.05) is 23.5 Å². The minimum atomic E-state index is 0.890. The van der Waals surface area contributed by atoms with Crippen molar-refractivity contribution in [1.29, 1.82) is 0 Å². The van der Waals surface area contributed by atoms with Crippen molar-refractivity contribution in [2.45, 2.75) is 0 Å². The van der Waals surface area contributed by atoms with Crippen molar-refractivity contribution in [2.24, 2.45) is 0 Å². The third-order valence-corrected chi connectivity index (χ3v) is 10.8. The first-order valence-corrected chi connectivity index (χ1v) is 17.4. The number of para-hydroxylation sites is 1. The van der Waals surface area contributed by atoms with Crippen LogP contribution in [0.1, 0.15) is 0 Å². The number of benzene rings is 8. The molecule has 230 valence electrons. The maximum absolute atomic E-state index is 6.25. The molecule has 0 fully saturated rings. The van der Waals surface area contributed by atoms with Gasteiger partial charge in [0.1, 0.15) is 11.2 Å². The molecule has 10 aromatic rings. The summed E-state index contributed by atoms with van der Waals surface area (Å²) in [5.41, 5.74) is 9.86. The monoisotopic (exact) mass is 643 g/mol. The minimum Gasteiger partial charge on any atom is -0.456 e. The summed E-state index contributed by atoms with van der Waals surface area (Å²) in [6.45, 7) is 0. The number of hydrogen-bond donors (Lipinski definition) is 0. The van der Waals surface area contributed by atoms with Crippen LogP contribution in [0.2, 0.25) is 0 Å². The Balaban J connectivity index is 1.22. The largest absolute Gasteiger partial charge is 0.456 e. The number of anilines is 3. The van der Waals surface area contributed by atoms with Crippen LogP contribution in [0, 0.1) is 0 Å². The average molecular weight is 644 g/mol. The molecule has 10 rings (SSSR count). The quantitative estimate of drug-likeness (QED) is 0.186. The molecule has 2 aromatic heterocycles. The van der Waals surface area contributed by atoms with E-state index in [-0.39, 0.29) is 0 Å². The summed E-state index contributed by atoms with van der Waals surface area (Å²) in [5, 5.41) is 7.43. The molecule has 2 nitrogen and oxygen atoms in total. The van der Waals surface area contributed by atoms with E-state index in [2.05, 4.69) is 169 Å².